The van der Waals surface area contributed by atoms with Gasteiger partial charge in [-0.05, 0) is 30.6 Å². The fraction of sp³-hybridized carbons (Fsp3) is 0.417. The zero-order valence-corrected chi connectivity index (χ0v) is 8.73. The predicted octanol–water partition coefficient (Wildman–Crippen LogP) is 2.58. The monoisotopic (exact) mass is 210 g/mol. The van der Waals surface area contributed by atoms with Gasteiger partial charge in [-0.15, -0.1) is 0 Å². The van der Waals surface area contributed by atoms with Crippen molar-refractivity contribution in [1.29, 1.82) is 0 Å². The zero-order valence-electron chi connectivity index (χ0n) is 8.73. The van der Waals surface area contributed by atoms with Crippen LogP contribution >= 0.6 is 0 Å². The quantitative estimate of drug-likeness (QED) is 0.526. The van der Waals surface area contributed by atoms with Crippen LogP contribution in [0.15, 0.2) is 36.2 Å². The molecule has 82 valence electrons. The SMILES string of the molecule is COC1C=CC(CCC=O)/C=C(F)\C=C/1. The van der Waals surface area contributed by atoms with Crippen LogP contribution in [0, 0.1) is 5.92 Å². The predicted molar refractivity (Wildman–Crippen MR) is 57.1 cm³/mol. The van der Waals surface area contributed by atoms with Gasteiger partial charge in [0, 0.05) is 13.5 Å². The van der Waals surface area contributed by atoms with Gasteiger partial charge in [-0.1, -0.05) is 12.2 Å². The second kappa shape index (κ2) is 6.30. The highest BCUT2D eigenvalue weighted by Gasteiger charge is 2.07. The minimum atomic E-state index is -0.280. The Kier molecular flexibility index (Phi) is 4.98. The summed E-state index contributed by atoms with van der Waals surface area (Å²) < 4.78 is 18.3. The maximum Gasteiger partial charge on any atom is 0.120 e. The number of halogens is 1. The van der Waals surface area contributed by atoms with Gasteiger partial charge in [0.15, 0.2) is 0 Å². The van der Waals surface area contributed by atoms with Gasteiger partial charge in [-0.2, -0.15) is 0 Å². The third kappa shape index (κ3) is 4.21. The Balaban J connectivity index is 2.71. The van der Waals surface area contributed by atoms with Crippen LogP contribution in [-0.2, 0) is 9.53 Å². The normalized spacial score (nSPS) is 31.2. The van der Waals surface area contributed by atoms with Crippen molar-refractivity contribution < 1.29 is 13.9 Å². The van der Waals surface area contributed by atoms with Crippen molar-refractivity contribution in [2.45, 2.75) is 18.9 Å². The first kappa shape index (κ1) is 11.9. The lowest BCUT2D eigenvalue weighted by atomic mass is 10.00. The van der Waals surface area contributed by atoms with Crippen LogP contribution < -0.4 is 0 Å². The minimum Gasteiger partial charge on any atom is -0.373 e. The first-order valence-corrected chi connectivity index (χ1v) is 4.96. The molecule has 0 heterocycles. The Bertz CT molecular complexity index is 292. The molecule has 3 heteroatoms. The molecule has 0 spiro atoms. The molecule has 0 saturated carbocycles. The fourth-order valence-electron chi connectivity index (χ4n) is 1.42. The number of rotatable bonds is 4. The van der Waals surface area contributed by atoms with E-state index in [4.69, 9.17) is 4.74 Å². The molecule has 15 heavy (non-hydrogen) atoms. The molecule has 0 bridgehead atoms. The summed E-state index contributed by atoms with van der Waals surface area (Å²) in [6.45, 7) is 0. The first-order valence-electron chi connectivity index (χ1n) is 4.96. The van der Waals surface area contributed by atoms with Gasteiger partial charge >= 0.3 is 0 Å². The molecule has 2 nitrogen and oxygen atoms in total. The van der Waals surface area contributed by atoms with Crippen LogP contribution in [0.2, 0.25) is 0 Å². The third-order valence-electron chi connectivity index (χ3n) is 2.26. The Morgan fingerprint density at radius 1 is 1.47 bits per heavy atom. The van der Waals surface area contributed by atoms with Crippen LogP contribution in [-0.4, -0.2) is 19.5 Å². The molecule has 0 fully saturated rings. The molecule has 0 radical (unpaired) electrons. The van der Waals surface area contributed by atoms with Crippen LogP contribution in [0.5, 0.6) is 0 Å². The molecular formula is C12H15FO2. The molecule has 0 aromatic rings. The minimum absolute atomic E-state index is 0.0298. The molecular weight excluding hydrogens is 195 g/mol. The van der Waals surface area contributed by atoms with Crippen LogP contribution in [0.1, 0.15) is 12.8 Å². The van der Waals surface area contributed by atoms with E-state index in [1.54, 1.807) is 13.2 Å². The maximum atomic E-state index is 13.2. The van der Waals surface area contributed by atoms with Gasteiger partial charge in [0.2, 0.25) is 0 Å². The van der Waals surface area contributed by atoms with Gasteiger partial charge in [0.25, 0.3) is 0 Å². The molecule has 0 amide bonds. The van der Waals surface area contributed by atoms with Crippen molar-refractivity contribution in [1.82, 2.24) is 0 Å². The Morgan fingerprint density at radius 3 is 2.93 bits per heavy atom. The second-order valence-corrected chi connectivity index (χ2v) is 3.40. The average molecular weight is 210 g/mol. The summed E-state index contributed by atoms with van der Waals surface area (Å²) in [6.07, 6.45) is 10.0. The molecule has 1 rings (SSSR count). The summed E-state index contributed by atoms with van der Waals surface area (Å²) in [5.41, 5.74) is 0. The van der Waals surface area contributed by atoms with E-state index >= 15 is 0 Å². The van der Waals surface area contributed by atoms with E-state index in [9.17, 15) is 9.18 Å². The molecule has 0 saturated heterocycles. The number of carbonyl (C=O) groups excluding carboxylic acids is 1. The lowest BCUT2D eigenvalue weighted by molar-refractivity contribution is -0.108. The summed E-state index contributed by atoms with van der Waals surface area (Å²) in [7, 11) is 1.57. The lowest BCUT2D eigenvalue weighted by Crippen LogP contribution is -2.05. The molecule has 0 aromatic heterocycles. The number of allylic oxidation sites excluding steroid dienone is 4. The second-order valence-electron chi connectivity index (χ2n) is 3.40. The summed E-state index contributed by atoms with van der Waals surface area (Å²) in [5.74, 6) is -0.310. The van der Waals surface area contributed by atoms with Crippen molar-refractivity contribution in [3.63, 3.8) is 0 Å². The maximum absolute atomic E-state index is 13.2. The molecule has 2 unspecified atom stereocenters. The van der Waals surface area contributed by atoms with E-state index in [0.29, 0.717) is 12.8 Å². The summed E-state index contributed by atoms with van der Waals surface area (Å²) in [5, 5.41) is 0. The number of carbonyl (C=O) groups is 1. The number of ether oxygens (including phenoxy) is 1. The fourth-order valence-corrected chi connectivity index (χ4v) is 1.42. The molecule has 0 aromatic carbocycles. The molecule has 0 aliphatic heterocycles. The van der Waals surface area contributed by atoms with E-state index in [2.05, 4.69) is 0 Å². The van der Waals surface area contributed by atoms with Gasteiger partial charge < -0.3 is 9.53 Å². The molecule has 1 aliphatic rings. The molecule has 0 N–H and O–H groups in total. The summed E-state index contributed by atoms with van der Waals surface area (Å²) >= 11 is 0. The largest absolute Gasteiger partial charge is 0.373 e. The standard InChI is InChI=1S/C12H15FO2/c1-15-12-6-4-10(3-2-8-14)9-11(13)5-7-12/h4-10,12H,2-3H2,1H3/b6-4?,7-5-,11-9+. The van der Waals surface area contributed by atoms with Crippen LogP contribution in [0.25, 0.3) is 0 Å². The first-order chi connectivity index (χ1) is 7.26. The Hall–Kier alpha value is -1.22. The van der Waals surface area contributed by atoms with Crippen molar-refractivity contribution >= 4 is 6.29 Å². The number of hydrogen-bond donors (Lipinski definition) is 0. The zero-order chi connectivity index (χ0) is 11.1. The Labute approximate surface area is 89.1 Å². The topological polar surface area (TPSA) is 26.3 Å². The van der Waals surface area contributed by atoms with Crippen LogP contribution in [0.3, 0.4) is 0 Å². The highest BCUT2D eigenvalue weighted by Crippen LogP contribution is 2.17. The highest BCUT2D eigenvalue weighted by molar-refractivity contribution is 5.49. The van der Waals surface area contributed by atoms with Gasteiger partial charge in [0.05, 0.1) is 6.10 Å². The van der Waals surface area contributed by atoms with E-state index in [0.717, 1.165) is 6.29 Å². The van der Waals surface area contributed by atoms with Crippen LogP contribution in [0.4, 0.5) is 4.39 Å². The van der Waals surface area contributed by atoms with Gasteiger partial charge in [-0.25, -0.2) is 4.39 Å². The van der Waals surface area contributed by atoms with E-state index in [1.807, 2.05) is 12.2 Å². The van der Waals surface area contributed by atoms with Gasteiger partial charge in [-0.3, -0.25) is 0 Å². The number of aldehydes is 1. The van der Waals surface area contributed by atoms with E-state index in [-0.39, 0.29) is 17.8 Å². The number of hydrogen-bond acceptors (Lipinski definition) is 2. The average Bonchev–Trinajstić information content (AvgIpc) is 2.22. The molecule has 2 atom stereocenters. The van der Waals surface area contributed by atoms with E-state index < -0.39 is 0 Å². The summed E-state index contributed by atoms with van der Waals surface area (Å²) in [4.78, 5) is 10.2. The van der Waals surface area contributed by atoms with Gasteiger partial charge in [0.1, 0.15) is 12.1 Å². The van der Waals surface area contributed by atoms with Crippen molar-refractivity contribution in [2.24, 2.45) is 5.92 Å². The molecule has 1 aliphatic carbocycles. The highest BCUT2D eigenvalue weighted by atomic mass is 19.1. The van der Waals surface area contributed by atoms with Crippen molar-refractivity contribution in [2.75, 3.05) is 7.11 Å². The van der Waals surface area contributed by atoms with Crippen molar-refractivity contribution in [3.05, 3.63) is 36.2 Å². The smallest absolute Gasteiger partial charge is 0.120 e. The summed E-state index contributed by atoms with van der Waals surface area (Å²) in [6, 6.07) is 0. The van der Waals surface area contributed by atoms with E-state index in [1.165, 1.54) is 12.2 Å². The third-order valence-corrected chi connectivity index (χ3v) is 2.26. The lowest BCUT2D eigenvalue weighted by Gasteiger charge is -2.11. The number of methoxy groups -OCH3 is 1. The van der Waals surface area contributed by atoms with Crippen molar-refractivity contribution in [3.8, 4) is 0 Å². The Morgan fingerprint density at radius 2 is 2.27 bits per heavy atom.